The SMILES string of the molecule is CCNC(=NCCCCC(=O)OC)N1CCSC2(CCCCC2)C1. The van der Waals surface area contributed by atoms with E-state index in [0.717, 1.165) is 45.0 Å². The van der Waals surface area contributed by atoms with Crippen LogP contribution in [0.5, 0.6) is 0 Å². The van der Waals surface area contributed by atoms with E-state index in [0.29, 0.717) is 11.2 Å². The van der Waals surface area contributed by atoms with E-state index in [4.69, 9.17) is 4.99 Å². The molecule has 138 valence electrons. The van der Waals surface area contributed by atoms with Crippen LogP contribution >= 0.6 is 11.8 Å². The molecule has 6 heteroatoms. The van der Waals surface area contributed by atoms with Gasteiger partial charge in [-0.1, -0.05) is 19.3 Å². The normalized spacial score (nSPS) is 20.9. The van der Waals surface area contributed by atoms with Crippen LogP contribution in [0.1, 0.15) is 58.3 Å². The number of unbranched alkanes of at least 4 members (excludes halogenated alkanes) is 1. The van der Waals surface area contributed by atoms with Crippen molar-refractivity contribution in [1.82, 2.24) is 10.2 Å². The second-order valence-corrected chi connectivity index (χ2v) is 8.35. The largest absolute Gasteiger partial charge is 0.469 e. The number of nitrogens with one attached hydrogen (secondary N) is 1. The summed E-state index contributed by atoms with van der Waals surface area (Å²) in [6, 6.07) is 0. The van der Waals surface area contributed by atoms with Crippen LogP contribution < -0.4 is 5.32 Å². The van der Waals surface area contributed by atoms with Crippen LogP contribution in [0.4, 0.5) is 0 Å². The maximum absolute atomic E-state index is 11.1. The van der Waals surface area contributed by atoms with Crippen LogP contribution in [0, 0.1) is 0 Å². The first kappa shape index (κ1) is 19.4. The molecule has 2 fully saturated rings. The molecule has 5 nitrogen and oxygen atoms in total. The molecule has 2 rings (SSSR count). The molecule has 1 saturated heterocycles. The van der Waals surface area contributed by atoms with Crippen molar-refractivity contribution in [3.8, 4) is 0 Å². The molecule has 0 unspecified atom stereocenters. The number of hydrogen-bond acceptors (Lipinski definition) is 4. The fourth-order valence-corrected chi connectivity index (χ4v) is 5.19. The van der Waals surface area contributed by atoms with E-state index in [1.165, 1.54) is 45.0 Å². The number of rotatable bonds is 6. The van der Waals surface area contributed by atoms with E-state index in [2.05, 4.69) is 33.6 Å². The number of esters is 1. The Balaban J connectivity index is 1.86. The predicted octanol–water partition coefficient (Wildman–Crippen LogP) is 3.05. The molecule has 1 spiro atoms. The van der Waals surface area contributed by atoms with Gasteiger partial charge in [-0.25, -0.2) is 0 Å². The number of aliphatic imine (C=N–C) groups is 1. The van der Waals surface area contributed by atoms with Gasteiger partial charge < -0.3 is 15.0 Å². The van der Waals surface area contributed by atoms with Gasteiger partial charge in [0.25, 0.3) is 0 Å². The second kappa shape index (κ2) is 10.2. The van der Waals surface area contributed by atoms with Crippen LogP contribution in [0.3, 0.4) is 0 Å². The highest BCUT2D eigenvalue weighted by atomic mass is 32.2. The minimum atomic E-state index is -0.127. The highest BCUT2D eigenvalue weighted by molar-refractivity contribution is 8.00. The van der Waals surface area contributed by atoms with Crippen molar-refractivity contribution in [2.75, 3.05) is 39.0 Å². The van der Waals surface area contributed by atoms with E-state index in [9.17, 15) is 4.79 Å². The molecule has 2 aliphatic rings. The minimum absolute atomic E-state index is 0.127. The molecule has 1 aliphatic carbocycles. The van der Waals surface area contributed by atoms with Crippen molar-refractivity contribution >= 4 is 23.7 Å². The van der Waals surface area contributed by atoms with Gasteiger partial charge in [-0.15, -0.1) is 0 Å². The molecule has 1 heterocycles. The molecule has 1 N–H and O–H groups in total. The first-order valence-electron chi connectivity index (χ1n) is 9.43. The lowest BCUT2D eigenvalue weighted by Crippen LogP contribution is -2.53. The van der Waals surface area contributed by atoms with Gasteiger partial charge in [0.15, 0.2) is 5.96 Å². The van der Waals surface area contributed by atoms with Crippen LogP contribution in [0.2, 0.25) is 0 Å². The third kappa shape index (κ3) is 5.87. The Morgan fingerprint density at radius 3 is 2.79 bits per heavy atom. The molecule has 0 bridgehead atoms. The smallest absolute Gasteiger partial charge is 0.305 e. The summed E-state index contributed by atoms with van der Waals surface area (Å²) in [5.74, 6) is 2.13. The third-order valence-electron chi connectivity index (χ3n) is 4.93. The lowest BCUT2D eigenvalue weighted by Gasteiger charge is -2.45. The molecule has 0 aromatic heterocycles. The topological polar surface area (TPSA) is 53.9 Å². The number of carbonyl (C=O) groups excluding carboxylic acids is 1. The predicted molar refractivity (Wildman–Crippen MR) is 102 cm³/mol. The van der Waals surface area contributed by atoms with Gasteiger partial charge in [-0.05, 0) is 32.6 Å². The van der Waals surface area contributed by atoms with Crippen LogP contribution in [0.25, 0.3) is 0 Å². The average molecular weight is 356 g/mol. The van der Waals surface area contributed by atoms with Crippen molar-refractivity contribution in [1.29, 1.82) is 0 Å². The van der Waals surface area contributed by atoms with Gasteiger partial charge in [0.2, 0.25) is 0 Å². The fourth-order valence-electron chi connectivity index (χ4n) is 3.62. The lowest BCUT2D eigenvalue weighted by molar-refractivity contribution is -0.140. The summed E-state index contributed by atoms with van der Waals surface area (Å²) in [6.07, 6.45) is 9.12. The number of nitrogens with zero attached hydrogens (tertiary/aromatic N) is 2. The fraction of sp³-hybridized carbons (Fsp3) is 0.889. The second-order valence-electron chi connectivity index (χ2n) is 6.78. The van der Waals surface area contributed by atoms with Gasteiger partial charge >= 0.3 is 5.97 Å². The average Bonchev–Trinajstić information content (AvgIpc) is 2.61. The van der Waals surface area contributed by atoms with E-state index >= 15 is 0 Å². The summed E-state index contributed by atoms with van der Waals surface area (Å²) in [5.41, 5.74) is 0. The quantitative estimate of drug-likeness (QED) is 0.343. The van der Waals surface area contributed by atoms with E-state index in [1.54, 1.807) is 0 Å². The number of carbonyl (C=O) groups is 1. The number of methoxy groups -OCH3 is 1. The van der Waals surface area contributed by atoms with Gasteiger partial charge in [0.1, 0.15) is 0 Å². The van der Waals surface area contributed by atoms with E-state index in [1.807, 2.05) is 0 Å². The zero-order valence-corrected chi connectivity index (χ0v) is 16.1. The Labute approximate surface area is 151 Å². The highest BCUT2D eigenvalue weighted by Crippen LogP contribution is 2.42. The van der Waals surface area contributed by atoms with Crippen molar-refractivity contribution in [3.63, 3.8) is 0 Å². The molecule has 0 aromatic rings. The molecule has 1 aliphatic heterocycles. The molecule has 0 aromatic carbocycles. The molecule has 0 radical (unpaired) electrons. The Morgan fingerprint density at radius 1 is 1.29 bits per heavy atom. The van der Waals surface area contributed by atoms with Gasteiger partial charge in [-0.3, -0.25) is 9.79 Å². The molecular formula is C18H33N3O2S. The van der Waals surface area contributed by atoms with Crippen molar-refractivity contribution < 1.29 is 9.53 Å². The summed E-state index contributed by atoms with van der Waals surface area (Å²) in [4.78, 5) is 18.4. The first-order valence-corrected chi connectivity index (χ1v) is 10.4. The van der Waals surface area contributed by atoms with E-state index < -0.39 is 0 Å². The summed E-state index contributed by atoms with van der Waals surface area (Å²) >= 11 is 2.19. The van der Waals surface area contributed by atoms with Gasteiger partial charge in [0, 0.05) is 43.1 Å². The molecule has 0 atom stereocenters. The van der Waals surface area contributed by atoms with Crippen LogP contribution in [-0.2, 0) is 9.53 Å². The maximum atomic E-state index is 11.1. The first-order chi connectivity index (χ1) is 11.7. The Hall–Kier alpha value is -0.910. The Morgan fingerprint density at radius 2 is 2.08 bits per heavy atom. The minimum Gasteiger partial charge on any atom is -0.469 e. The summed E-state index contributed by atoms with van der Waals surface area (Å²) in [7, 11) is 1.44. The number of guanidine groups is 1. The maximum Gasteiger partial charge on any atom is 0.305 e. The Bertz CT molecular complexity index is 417. The summed E-state index contributed by atoms with van der Waals surface area (Å²) < 4.78 is 5.13. The van der Waals surface area contributed by atoms with E-state index in [-0.39, 0.29) is 5.97 Å². The van der Waals surface area contributed by atoms with Crippen molar-refractivity contribution in [3.05, 3.63) is 0 Å². The number of ether oxygens (including phenoxy) is 1. The monoisotopic (exact) mass is 355 g/mol. The summed E-state index contributed by atoms with van der Waals surface area (Å²) in [5, 5.41) is 3.46. The standard InChI is InChI=1S/C18H33N3O2S/c1-3-19-17(20-12-8-5-9-16(22)23-2)21-13-14-24-18(15-21)10-6-4-7-11-18/h3-15H2,1-2H3,(H,19,20). The van der Waals surface area contributed by atoms with Crippen molar-refractivity contribution in [2.24, 2.45) is 4.99 Å². The Kier molecular flexibility index (Phi) is 8.22. The highest BCUT2D eigenvalue weighted by Gasteiger charge is 2.38. The summed E-state index contributed by atoms with van der Waals surface area (Å²) in [6.45, 7) is 6.02. The van der Waals surface area contributed by atoms with Gasteiger partial charge in [-0.2, -0.15) is 11.8 Å². The van der Waals surface area contributed by atoms with Gasteiger partial charge in [0.05, 0.1) is 7.11 Å². The number of thioether (sulfide) groups is 1. The third-order valence-corrected chi connectivity index (χ3v) is 6.46. The van der Waals surface area contributed by atoms with Crippen molar-refractivity contribution in [2.45, 2.75) is 63.0 Å². The zero-order valence-electron chi connectivity index (χ0n) is 15.3. The van der Waals surface area contributed by atoms with Crippen LogP contribution in [0.15, 0.2) is 4.99 Å². The number of hydrogen-bond donors (Lipinski definition) is 1. The zero-order chi connectivity index (χ0) is 17.3. The molecular weight excluding hydrogens is 322 g/mol. The lowest BCUT2D eigenvalue weighted by atomic mass is 9.87. The van der Waals surface area contributed by atoms with Crippen LogP contribution in [-0.4, -0.2) is 60.6 Å². The molecule has 0 amide bonds. The molecule has 1 saturated carbocycles. The molecule has 24 heavy (non-hydrogen) atoms.